The smallest absolute Gasteiger partial charge is 0.251 e. The molecule has 1 amide bonds. The predicted molar refractivity (Wildman–Crippen MR) is 86.4 cm³/mol. The van der Waals surface area contributed by atoms with Gasteiger partial charge in [0.05, 0.1) is 17.1 Å². The molecular formula is C16H20ClN3O2. The van der Waals surface area contributed by atoms with Crippen LogP contribution >= 0.6 is 11.6 Å². The van der Waals surface area contributed by atoms with Crippen LogP contribution in [0.1, 0.15) is 43.1 Å². The average Bonchev–Trinajstić information content (AvgIpc) is 3.09. The number of nitrogens with one attached hydrogen (secondary N) is 1. The van der Waals surface area contributed by atoms with E-state index in [1.54, 1.807) is 6.07 Å². The van der Waals surface area contributed by atoms with Crippen LogP contribution < -0.4 is 5.32 Å². The summed E-state index contributed by atoms with van der Waals surface area (Å²) >= 11 is 6.18. The van der Waals surface area contributed by atoms with Crippen LogP contribution in [0.3, 0.4) is 0 Å². The van der Waals surface area contributed by atoms with Crippen molar-refractivity contribution in [3.05, 3.63) is 29.0 Å². The fraction of sp³-hybridized carbons (Fsp3) is 0.500. The highest BCUT2D eigenvalue weighted by molar-refractivity contribution is 6.29. The number of rotatable bonds is 4. The Labute approximate surface area is 134 Å². The van der Waals surface area contributed by atoms with Crippen LogP contribution in [-0.2, 0) is 4.74 Å². The SMILES string of the molecule is CC(C)n1c(Cl)nc2cc(C(=O)NC[C@@H]3CCCO3)ccc21. The van der Waals surface area contributed by atoms with Crippen LogP contribution in [0.4, 0.5) is 0 Å². The molecule has 1 N–H and O–H groups in total. The Bertz CT molecular complexity index is 690. The van der Waals surface area contributed by atoms with E-state index in [0.29, 0.717) is 17.4 Å². The number of hydrogen-bond donors (Lipinski definition) is 1. The van der Waals surface area contributed by atoms with Crippen LogP contribution in [0, 0.1) is 0 Å². The minimum absolute atomic E-state index is 0.104. The number of carbonyl (C=O) groups excluding carboxylic acids is 1. The van der Waals surface area contributed by atoms with Gasteiger partial charge in [-0.05, 0) is 56.5 Å². The van der Waals surface area contributed by atoms with Crippen LogP contribution in [0.5, 0.6) is 0 Å². The van der Waals surface area contributed by atoms with Gasteiger partial charge in [-0.25, -0.2) is 4.98 Å². The Morgan fingerprint density at radius 3 is 3.05 bits per heavy atom. The van der Waals surface area contributed by atoms with Crippen molar-refractivity contribution in [2.75, 3.05) is 13.2 Å². The maximum absolute atomic E-state index is 12.2. The maximum atomic E-state index is 12.2. The molecule has 2 heterocycles. The van der Waals surface area contributed by atoms with Gasteiger partial charge >= 0.3 is 0 Å². The highest BCUT2D eigenvalue weighted by Crippen LogP contribution is 2.25. The van der Waals surface area contributed by atoms with Gasteiger partial charge in [-0.3, -0.25) is 4.79 Å². The molecule has 1 saturated heterocycles. The molecule has 6 heteroatoms. The first kappa shape index (κ1) is 15.3. The van der Waals surface area contributed by atoms with Gasteiger partial charge in [0.1, 0.15) is 0 Å². The summed E-state index contributed by atoms with van der Waals surface area (Å²) in [5.41, 5.74) is 2.27. The molecule has 0 saturated carbocycles. The Morgan fingerprint density at radius 2 is 2.36 bits per heavy atom. The van der Waals surface area contributed by atoms with Crippen molar-refractivity contribution in [2.45, 2.75) is 38.8 Å². The van der Waals surface area contributed by atoms with Gasteiger partial charge < -0.3 is 14.6 Å². The van der Waals surface area contributed by atoms with Crippen molar-refractivity contribution in [3.63, 3.8) is 0 Å². The van der Waals surface area contributed by atoms with Gasteiger partial charge in [0.15, 0.2) is 0 Å². The summed E-state index contributed by atoms with van der Waals surface area (Å²) < 4.78 is 7.46. The third kappa shape index (κ3) is 2.96. The van der Waals surface area contributed by atoms with E-state index in [-0.39, 0.29) is 18.1 Å². The lowest BCUT2D eigenvalue weighted by Gasteiger charge is -2.11. The summed E-state index contributed by atoms with van der Waals surface area (Å²) in [6, 6.07) is 5.71. The molecule has 3 rings (SSSR count). The summed E-state index contributed by atoms with van der Waals surface area (Å²) in [5, 5.41) is 3.36. The third-order valence-corrected chi connectivity index (χ3v) is 4.21. The number of ether oxygens (including phenoxy) is 1. The van der Waals surface area contributed by atoms with Gasteiger partial charge in [-0.15, -0.1) is 0 Å². The summed E-state index contributed by atoms with van der Waals surface area (Å²) in [6.07, 6.45) is 2.22. The van der Waals surface area contributed by atoms with Crippen LogP contribution in [-0.4, -0.2) is 34.7 Å². The van der Waals surface area contributed by atoms with Crippen LogP contribution in [0.2, 0.25) is 5.28 Å². The molecule has 1 aromatic carbocycles. The zero-order valence-electron chi connectivity index (χ0n) is 12.8. The lowest BCUT2D eigenvalue weighted by atomic mass is 10.1. The van der Waals surface area contributed by atoms with Gasteiger partial charge in [0, 0.05) is 24.8 Å². The Balaban J connectivity index is 1.78. The molecule has 1 aliphatic heterocycles. The van der Waals surface area contributed by atoms with Crippen molar-refractivity contribution >= 4 is 28.5 Å². The zero-order chi connectivity index (χ0) is 15.7. The largest absolute Gasteiger partial charge is 0.376 e. The van der Waals surface area contributed by atoms with E-state index >= 15 is 0 Å². The standard InChI is InChI=1S/C16H20ClN3O2/c1-10(2)20-14-6-5-11(8-13(14)19-16(20)17)15(21)18-9-12-4-3-7-22-12/h5-6,8,10,12H,3-4,7,9H2,1-2H3,(H,18,21)/t12-/m0/s1. The Hall–Kier alpha value is -1.59. The summed E-state index contributed by atoms with van der Waals surface area (Å²) in [7, 11) is 0. The second kappa shape index (κ2) is 6.26. The molecule has 1 fully saturated rings. The maximum Gasteiger partial charge on any atom is 0.251 e. The first-order valence-corrected chi connectivity index (χ1v) is 8.01. The van der Waals surface area contributed by atoms with Crippen molar-refractivity contribution in [1.29, 1.82) is 0 Å². The minimum Gasteiger partial charge on any atom is -0.376 e. The highest BCUT2D eigenvalue weighted by atomic mass is 35.5. The molecule has 0 unspecified atom stereocenters. The van der Waals surface area contributed by atoms with E-state index in [4.69, 9.17) is 16.3 Å². The van der Waals surface area contributed by atoms with E-state index in [9.17, 15) is 4.79 Å². The molecule has 118 valence electrons. The zero-order valence-corrected chi connectivity index (χ0v) is 13.6. The van der Waals surface area contributed by atoms with Gasteiger partial charge in [-0.2, -0.15) is 0 Å². The fourth-order valence-corrected chi connectivity index (χ4v) is 3.19. The number of hydrogen-bond acceptors (Lipinski definition) is 3. The molecule has 5 nitrogen and oxygen atoms in total. The molecule has 22 heavy (non-hydrogen) atoms. The van der Waals surface area contributed by atoms with E-state index in [0.717, 1.165) is 30.5 Å². The number of imidazole rings is 1. The summed E-state index contributed by atoms with van der Waals surface area (Å²) in [5.74, 6) is -0.104. The van der Waals surface area contributed by atoms with Crippen molar-refractivity contribution in [1.82, 2.24) is 14.9 Å². The summed E-state index contributed by atoms with van der Waals surface area (Å²) in [6.45, 7) is 5.44. The molecule has 1 aromatic heterocycles. The number of aromatic nitrogens is 2. The average molecular weight is 322 g/mol. The van der Waals surface area contributed by atoms with Gasteiger partial charge in [0.2, 0.25) is 5.28 Å². The molecule has 0 radical (unpaired) electrons. The van der Waals surface area contributed by atoms with Crippen LogP contribution in [0.25, 0.3) is 11.0 Å². The van der Waals surface area contributed by atoms with E-state index in [2.05, 4.69) is 24.1 Å². The fourth-order valence-electron chi connectivity index (χ4n) is 2.82. The van der Waals surface area contributed by atoms with E-state index < -0.39 is 0 Å². The molecule has 0 spiro atoms. The predicted octanol–water partition coefficient (Wildman–Crippen LogP) is 3.18. The van der Waals surface area contributed by atoms with E-state index in [1.165, 1.54) is 0 Å². The van der Waals surface area contributed by atoms with Crippen LogP contribution in [0.15, 0.2) is 18.2 Å². The Morgan fingerprint density at radius 1 is 1.55 bits per heavy atom. The monoisotopic (exact) mass is 321 g/mol. The van der Waals surface area contributed by atoms with E-state index in [1.807, 2.05) is 16.7 Å². The number of carbonyl (C=O) groups is 1. The van der Waals surface area contributed by atoms with Crippen molar-refractivity contribution in [3.8, 4) is 0 Å². The minimum atomic E-state index is -0.104. The topological polar surface area (TPSA) is 56.2 Å². The number of fused-ring (bicyclic) bond motifs is 1. The second-order valence-corrected chi connectivity index (χ2v) is 6.23. The normalized spacial score (nSPS) is 18.3. The van der Waals surface area contributed by atoms with Gasteiger partial charge in [0.25, 0.3) is 5.91 Å². The number of benzene rings is 1. The number of halogens is 1. The number of nitrogens with zero attached hydrogens (tertiary/aromatic N) is 2. The highest BCUT2D eigenvalue weighted by Gasteiger charge is 2.18. The first-order chi connectivity index (χ1) is 10.6. The van der Waals surface area contributed by atoms with Crippen molar-refractivity contribution in [2.24, 2.45) is 0 Å². The molecule has 1 atom stereocenters. The third-order valence-electron chi connectivity index (χ3n) is 3.94. The number of amides is 1. The summed E-state index contributed by atoms with van der Waals surface area (Å²) in [4.78, 5) is 16.6. The Kier molecular flexibility index (Phi) is 4.36. The quantitative estimate of drug-likeness (QED) is 0.941. The lowest BCUT2D eigenvalue weighted by Crippen LogP contribution is -2.31. The van der Waals surface area contributed by atoms with Gasteiger partial charge in [-0.1, -0.05) is 0 Å². The first-order valence-electron chi connectivity index (χ1n) is 7.63. The molecule has 0 bridgehead atoms. The molecule has 2 aromatic rings. The second-order valence-electron chi connectivity index (χ2n) is 5.89. The molecule has 0 aliphatic carbocycles. The lowest BCUT2D eigenvalue weighted by molar-refractivity contribution is 0.0858. The van der Waals surface area contributed by atoms with Crippen molar-refractivity contribution < 1.29 is 9.53 Å². The molecular weight excluding hydrogens is 302 g/mol. The molecule has 1 aliphatic rings.